The smallest absolute Gasteiger partial charge is 0.236 e. The Kier molecular flexibility index (Phi) is 2.71. The zero-order chi connectivity index (χ0) is 12.0. The number of nitrogens with one attached hydrogen (secondary N) is 2. The molecule has 1 aliphatic carbocycles. The van der Waals surface area contributed by atoms with Crippen molar-refractivity contribution in [2.24, 2.45) is 0 Å². The van der Waals surface area contributed by atoms with Crippen molar-refractivity contribution < 1.29 is 4.79 Å². The summed E-state index contributed by atoms with van der Waals surface area (Å²) in [5.41, 5.74) is 3.04. The molecule has 0 spiro atoms. The van der Waals surface area contributed by atoms with E-state index in [0.29, 0.717) is 6.04 Å². The van der Waals surface area contributed by atoms with Gasteiger partial charge in [-0.25, -0.2) is 0 Å². The molecular formula is C13H18N2OS. The highest BCUT2D eigenvalue weighted by Crippen LogP contribution is 2.38. The van der Waals surface area contributed by atoms with Crippen LogP contribution in [0.2, 0.25) is 0 Å². The van der Waals surface area contributed by atoms with Crippen molar-refractivity contribution in [2.45, 2.75) is 45.2 Å². The van der Waals surface area contributed by atoms with Crippen molar-refractivity contribution in [3.8, 4) is 0 Å². The molecule has 2 aliphatic rings. The summed E-state index contributed by atoms with van der Waals surface area (Å²) < 4.78 is 0. The third-order valence-corrected chi connectivity index (χ3v) is 5.37. The van der Waals surface area contributed by atoms with Gasteiger partial charge in [0.25, 0.3) is 0 Å². The van der Waals surface area contributed by atoms with Gasteiger partial charge >= 0.3 is 0 Å². The molecule has 1 unspecified atom stereocenters. The first-order valence-corrected chi connectivity index (χ1v) is 7.13. The molecule has 0 bridgehead atoms. The molecule has 3 nitrogen and oxygen atoms in total. The first-order chi connectivity index (χ1) is 8.16. The maximum Gasteiger partial charge on any atom is 0.236 e. The minimum absolute atomic E-state index is 0.0786. The van der Waals surface area contributed by atoms with E-state index in [-0.39, 0.29) is 11.9 Å². The van der Waals surface area contributed by atoms with Crippen molar-refractivity contribution in [1.29, 1.82) is 0 Å². The van der Waals surface area contributed by atoms with Crippen LogP contribution in [-0.2, 0) is 17.6 Å². The van der Waals surface area contributed by atoms with Crippen LogP contribution in [0.15, 0.2) is 0 Å². The highest BCUT2D eigenvalue weighted by atomic mass is 32.1. The van der Waals surface area contributed by atoms with Crippen LogP contribution in [-0.4, -0.2) is 18.5 Å². The predicted molar refractivity (Wildman–Crippen MR) is 69.4 cm³/mol. The molecule has 2 heterocycles. The zero-order valence-corrected chi connectivity index (χ0v) is 11.1. The molecule has 0 aromatic carbocycles. The molecule has 0 saturated carbocycles. The molecule has 1 saturated heterocycles. The van der Waals surface area contributed by atoms with Gasteiger partial charge in [-0.1, -0.05) is 0 Å². The number of carbonyl (C=O) groups excluding carboxylic acids is 1. The lowest BCUT2D eigenvalue weighted by atomic mass is 10.0. The van der Waals surface area contributed by atoms with E-state index in [1.807, 2.05) is 18.3 Å². The van der Waals surface area contributed by atoms with Gasteiger partial charge in [0.1, 0.15) is 0 Å². The molecule has 17 heavy (non-hydrogen) atoms. The predicted octanol–water partition coefficient (Wildman–Crippen LogP) is 1.69. The molecule has 3 rings (SSSR count). The second-order valence-electron chi connectivity index (χ2n) is 5.03. The minimum atomic E-state index is -0.0786. The van der Waals surface area contributed by atoms with Crippen molar-refractivity contribution in [3.05, 3.63) is 20.9 Å². The van der Waals surface area contributed by atoms with E-state index in [0.717, 1.165) is 6.54 Å². The second-order valence-corrected chi connectivity index (χ2v) is 6.17. The van der Waals surface area contributed by atoms with Crippen LogP contribution in [0.1, 0.15) is 40.3 Å². The Morgan fingerprint density at radius 1 is 1.35 bits per heavy atom. The van der Waals surface area contributed by atoms with Gasteiger partial charge in [0.15, 0.2) is 0 Å². The van der Waals surface area contributed by atoms with Gasteiger partial charge in [-0.3, -0.25) is 10.1 Å². The Labute approximate surface area is 106 Å². The molecule has 1 amide bonds. The third kappa shape index (κ3) is 1.79. The number of hydrogen-bond acceptors (Lipinski definition) is 3. The van der Waals surface area contributed by atoms with E-state index >= 15 is 0 Å². The number of rotatable bonds is 1. The Morgan fingerprint density at radius 2 is 2.18 bits per heavy atom. The topological polar surface area (TPSA) is 41.1 Å². The van der Waals surface area contributed by atoms with E-state index in [1.54, 1.807) is 10.4 Å². The average Bonchev–Trinajstić information content (AvgIpc) is 2.86. The summed E-state index contributed by atoms with van der Waals surface area (Å²) in [6.07, 6.45) is 3.80. The number of aryl methyl sites for hydroxylation is 1. The lowest BCUT2D eigenvalue weighted by Gasteiger charge is -2.28. The lowest BCUT2D eigenvalue weighted by Crippen LogP contribution is -2.52. The van der Waals surface area contributed by atoms with Crippen molar-refractivity contribution in [2.75, 3.05) is 6.54 Å². The Bertz CT molecular complexity index is 466. The Hall–Kier alpha value is -0.870. The van der Waals surface area contributed by atoms with Crippen LogP contribution in [0.3, 0.4) is 0 Å². The minimum Gasteiger partial charge on any atom is -0.353 e. The number of carbonyl (C=O) groups is 1. The molecule has 4 heteroatoms. The number of piperazine rings is 1. The van der Waals surface area contributed by atoms with Crippen LogP contribution in [0.5, 0.6) is 0 Å². The monoisotopic (exact) mass is 250 g/mol. The van der Waals surface area contributed by atoms with Crippen LogP contribution >= 0.6 is 11.3 Å². The number of fused-ring (bicyclic) bond motifs is 1. The van der Waals surface area contributed by atoms with Crippen LogP contribution in [0, 0.1) is 6.92 Å². The SMILES string of the molecule is Cc1c(C2CNC(=O)[C@H](C)N2)sc2c1CCC2. The molecule has 0 radical (unpaired) electrons. The van der Waals surface area contributed by atoms with Crippen molar-refractivity contribution >= 4 is 17.2 Å². The molecule has 1 fully saturated rings. The van der Waals surface area contributed by atoms with Gasteiger partial charge in [-0.05, 0) is 44.2 Å². The van der Waals surface area contributed by atoms with Gasteiger partial charge in [-0.15, -0.1) is 11.3 Å². The molecule has 1 aromatic heterocycles. The summed E-state index contributed by atoms with van der Waals surface area (Å²) in [6, 6.07) is 0.225. The maximum atomic E-state index is 11.4. The normalized spacial score (nSPS) is 28.0. The first-order valence-electron chi connectivity index (χ1n) is 6.31. The number of thiophene rings is 1. The first kappa shape index (κ1) is 11.2. The van der Waals surface area contributed by atoms with Gasteiger partial charge in [0.05, 0.1) is 12.1 Å². The summed E-state index contributed by atoms with van der Waals surface area (Å²) in [7, 11) is 0. The van der Waals surface area contributed by atoms with E-state index in [2.05, 4.69) is 17.6 Å². The molecule has 2 N–H and O–H groups in total. The fourth-order valence-electron chi connectivity index (χ4n) is 2.88. The summed E-state index contributed by atoms with van der Waals surface area (Å²) in [6.45, 7) is 4.89. The largest absolute Gasteiger partial charge is 0.353 e. The quantitative estimate of drug-likeness (QED) is 0.796. The van der Waals surface area contributed by atoms with E-state index < -0.39 is 0 Å². The van der Waals surface area contributed by atoms with E-state index in [4.69, 9.17) is 0 Å². The van der Waals surface area contributed by atoms with E-state index in [1.165, 1.54) is 29.7 Å². The van der Waals surface area contributed by atoms with Crippen LogP contribution in [0.25, 0.3) is 0 Å². The van der Waals surface area contributed by atoms with Gasteiger partial charge in [-0.2, -0.15) is 0 Å². The molecule has 1 aromatic rings. The van der Waals surface area contributed by atoms with Crippen LogP contribution < -0.4 is 10.6 Å². The second kappa shape index (κ2) is 4.10. The fourth-order valence-corrected chi connectivity index (χ4v) is 4.34. The summed E-state index contributed by atoms with van der Waals surface area (Å²) in [4.78, 5) is 14.4. The highest BCUT2D eigenvalue weighted by molar-refractivity contribution is 7.12. The van der Waals surface area contributed by atoms with Gasteiger partial charge in [0.2, 0.25) is 5.91 Å². The summed E-state index contributed by atoms with van der Waals surface area (Å²) >= 11 is 1.94. The van der Waals surface area contributed by atoms with Crippen LogP contribution in [0.4, 0.5) is 0 Å². The Morgan fingerprint density at radius 3 is 2.88 bits per heavy atom. The molecule has 2 atom stereocenters. The highest BCUT2D eigenvalue weighted by Gasteiger charge is 2.29. The lowest BCUT2D eigenvalue weighted by molar-refractivity contribution is -0.124. The molecular weight excluding hydrogens is 232 g/mol. The van der Waals surface area contributed by atoms with E-state index in [9.17, 15) is 4.79 Å². The van der Waals surface area contributed by atoms with Crippen molar-refractivity contribution in [1.82, 2.24) is 10.6 Å². The molecule has 92 valence electrons. The number of hydrogen-bond donors (Lipinski definition) is 2. The summed E-state index contributed by atoms with van der Waals surface area (Å²) in [5.74, 6) is 0.114. The standard InChI is InChI=1S/C13H18N2OS/c1-7-9-4-3-5-11(9)17-12(7)10-6-14-13(16)8(2)15-10/h8,10,15H,3-6H2,1-2H3,(H,14,16)/t8-,10?/m0/s1. The molecule has 1 aliphatic heterocycles. The fraction of sp³-hybridized carbons (Fsp3) is 0.615. The average molecular weight is 250 g/mol. The van der Waals surface area contributed by atoms with Gasteiger partial charge < -0.3 is 5.32 Å². The van der Waals surface area contributed by atoms with Crippen molar-refractivity contribution in [3.63, 3.8) is 0 Å². The summed E-state index contributed by atoms with van der Waals surface area (Å²) in [5, 5.41) is 6.39. The zero-order valence-electron chi connectivity index (χ0n) is 10.3. The van der Waals surface area contributed by atoms with Gasteiger partial charge in [0, 0.05) is 16.3 Å². The maximum absolute atomic E-state index is 11.4. The Balaban J connectivity index is 1.87. The third-order valence-electron chi connectivity index (χ3n) is 3.86. The number of amides is 1.